The minimum absolute atomic E-state index is 0.313. The van der Waals surface area contributed by atoms with E-state index < -0.39 is 0 Å². The van der Waals surface area contributed by atoms with Gasteiger partial charge in [0.15, 0.2) is 6.19 Å². The quantitative estimate of drug-likeness (QED) is 0.461. The second kappa shape index (κ2) is 3.13. The Balaban J connectivity index is 2.54. The van der Waals surface area contributed by atoms with Crippen LogP contribution >= 0.6 is 0 Å². The molecule has 0 aliphatic heterocycles. The van der Waals surface area contributed by atoms with Crippen LogP contribution in [0.2, 0.25) is 0 Å². The lowest BCUT2D eigenvalue weighted by Gasteiger charge is -2.37. The summed E-state index contributed by atoms with van der Waals surface area (Å²) in [6, 6.07) is 0.404. The highest BCUT2D eigenvalue weighted by atomic mass is 14.9. The molecule has 1 fully saturated rings. The first kappa shape index (κ1) is 8.39. The molecule has 0 spiro atoms. The minimum atomic E-state index is 0.313. The highest BCUT2D eigenvalue weighted by Crippen LogP contribution is 2.35. The predicted octanol–water partition coefficient (Wildman–Crippen LogP) is 2.03. The Labute approximate surface area is 68.6 Å². The molecule has 11 heavy (non-hydrogen) atoms. The molecule has 0 heterocycles. The van der Waals surface area contributed by atoms with Gasteiger partial charge in [-0.15, -0.1) is 0 Å². The van der Waals surface area contributed by atoms with Crippen molar-refractivity contribution in [1.29, 1.82) is 5.26 Å². The molecule has 0 aromatic rings. The third kappa shape index (κ3) is 1.86. The number of nitrogens with one attached hydrogen (secondary N) is 1. The van der Waals surface area contributed by atoms with Crippen molar-refractivity contribution in [2.75, 3.05) is 0 Å². The average Bonchev–Trinajstić information content (AvgIpc) is 1.94. The summed E-state index contributed by atoms with van der Waals surface area (Å²) in [7, 11) is 0. The summed E-state index contributed by atoms with van der Waals surface area (Å²) >= 11 is 0. The first-order valence-electron chi connectivity index (χ1n) is 4.31. The normalized spacial score (nSPS) is 29.0. The maximum Gasteiger partial charge on any atom is 0.176 e. The molecule has 1 aliphatic carbocycles. The second-order valence-corrected chi connectivity index (χ2v) is 4.04. The van der Waals surface area contributed by atoms with Gasteiger partial charge in [-0.3, -0.25) is 0 Å². The largest absolute Gasteiger partial charge is 0.320 e. The first-order chi connectivity index (χ1) is 5.17. The van der Waals surface area contributed by atoms with Crippen molar-refractivity contribution in [3.8, 4) is 6.19 Å². The van der Waals surface area contributed by atoms with E-state index in [1.165, 1.54) is 19.3 Å². The fraction of sp³-hybridized carbons (Fsp3) is 0.889. The van der Waals surface area contributed by atoms with Crippen LogP contribution in [-0.2, 0) is 0 Å². The summed E-state index contributed by atoms with van der Waals surface area (Å²) in [4.78, 5) is 0. The van der Waals surface area contributed by atoms with Gasteiger partial charge in [0.25, 0.3) is 0 Å². The molecule has 2 heteroatoms. The van der Waals surface area contributed by atoms with E-state index >= 15 is 0 Å². The van der Waals surface area contributed by atoms with Gasteiger partial charge in [0.05, 0.1) is 0 Å². The fourth-order valence-electron chi connectivity index (χ4n) is 1.84. The Hall–Kier alpha value is -0.710. The number of nitrogens with zero attached hydrogens (tertiary/aromatic N) is 1. The zero-order chi connectivity index (χ0) is 8.32. The van der Waals surface area contributed by atoms with Crippen LogP contribution in [0.5, 0.6) is 0 Å². The van der Waals surface area contributed by atoms with Crippen LogP contribution in [0.1, 0.15) is 39.5 Å². The van der Waals surface area contributed by atoms with Gasteiger partial charge in [0.1, 0.15) is 0 Å². The monoisotopic (exact) mass is 152 g/mol. The fourth-order valence-corrected chi connectivity index (χ4v) is 1.84. The van der Waals surface area contributed by atoms with Gasteiger partial charge in [-0.25, -0.2) is 0 Å². The third-order valence-corrected chi connectivity index (χ3v) is 2.75. The van der Waals surface area contributed by atoms with Crippen LogP contribution in [0, 0.1) is 16.9 Å². The van der Waals surface area contributed by atoms with Crippen molar-refractivity contribution in [2.24, 2.45) is 5.41 Å². The zero-order valence-corrected chi connectivity index (χ0v) is 7.35. The lowest BCUT2D eigenvalue weighted by Crippen LogP contribution is -2.41. The van der Waals surface area contributed by atoms with Crippen molar-refractivity contribution < 1.29 is 0 Å². The molecule has 2 nitrogen and oxygen atoms in total. The summed E-state index contributed by atoms with van der Waals surface area (Å²) < 4.78 is 0. The lowest BCUT2D eigenvalue weighted by molar-refractivity contribution is 0.183. The maximum absolute atomic E-state index is 8.49. The van der Waals surface area contributed by atoms with Crippen LogP contribution in [-0.4, -0.2) is 6.04 Å². The van der Waals surface area contributed by atoms with Gasteiger partial charge >= 0.3 is 0 Å². The SMILES string of the molecule is CC1(C)CCCCC1NC#N. The van der Waals surface area contributed by atoms with E-state index in [9.17, 15) is 0 Å². The van der Waals surface area contributed by atoms with Gasteiger partial charge in [0.2, 0.25) is 0 Å². The molecule has 1 unspecified atom stereocenters. The molecule has 1 saturated carbocycles. The van der Waals surface area contributed by atoms with Gasteiger partial charge in [0, 0.05) is 6.04 Å². The Morgan fingerprint density at radius 3 is 2.73 bits per heavy atom. The van der Waals surface area contributed by atoms with Crippen molar-refractivity contribution in [3.63, 3.8) is 0 Å². The highest BCUT2D eigenvalue weighted by Gasteiger charge is 2.31. The Kier molecular flexibility index (Phi) is 2.38. The van der Waals surface area contributed by atoms with Crippen LogP contribution in [0.25, 0.3) is 0 Å². The minimum Gasteiger partial charge on any atom is -0.320 e. The van der Waals surface area contributed by atoms with E-state index in [-0.39, 0.29) is 0 Å². The van der Waals surface area contributed by atoms with Crippen molar-refractivity contribution in [1.82, 2.24) is 5.32 Å². The lowest BCUT2D eigenvalue weighted by atomic mass is 9.73. The number of nitriles is 1. The summed E-state index contributed by atoms with van der Waals surface area (Å²) in [5, 5.41) is 11.4. The van der Waals surface area contributed by atoms with E-state index in [1.54, 1.807) is 0 Å². The third-order valence-electron chi connectivity index (χ3n) is 2.75. The van der Waals surface area contributed by atoms with Crippen LogP contribution in [0.4, 0.5) is 0 Å². The smallest absolute Gasteiger partial charge is 0.176 e. The van der Waals surface area contributed by atoms with Gasteiger partial charge in [-0.2, -0.15) is 5.26 Å². The van der Waals surface area contributed by atoms with E-state index in [4.69, 9.17) is 5.26 Å². The van der Waals surface area contributed by atoms with Crippen LogP contribution in [0.15, 0.2) is 0 Å². The molecule has 1 rings (SSSR count). The summed E-state index contributed by atoms with van der Waals surface area (Å²) in [6.45, 7) is 4.47. The number of rotatable bonds is 1. The van der Waals surface area contributed by atoms with E-state index in [2.05, 4.69) is 19.2 Å². The number of hydrogen-bond donors (Lipinski definition) is 1. The van der Waals surface area contributed by atoms with Crippen molar-refractivity contribution in [3.05, 3.63) is 0 Å². The van der Waals surface area contributed by atoms with E-state index in [1.807, 2.05) is 6.19 Å². The van der Waals surface area contributed by atoms with Crippen molar-refractivity contribution >= 4 is 0 Å². The molecule has 0 aromatic heterocycles. The average molecular weight is 152 g/mol. The standard InChI is InChI=1S/C9H16N2/c1-9(2)6-4-3-5-8(9)11-7-10/h8,11H,3-6H2,1-2H3. The van der Waals surface area contributed by atoms with Gasteiger partial charge < -0.3 is 5.32 Å². The molecule has 0 amide bonds. The predicted molar refractivity (Wildman–Crippen MR) is 44.8 cm³/mol. The summed E-state index contributed by atoms with van der Waals surface area (Å²) in [6.07, 6.45) is 7.02. The first-order valence-corrected chi connectivity index (χ1v) is 4.31. The Morgan fingerprint density at radius 1 is 1.45 bits per heavy atom. The van der Waals surface area contributed by atoms with Crippen molar-refractivity contribution in [2.45, 2.75) is 45.6 Å². The van der Waals surface area contributed by atoms with Crippen LogP contribution in [0.3, 0.4) is 0 Å². The van der Waals surface area contributed by atoms with E-state index in [0.29, 0.717) is 11.5 Å². The Morgan fingerprint density at radius 2 is 2.18 bits per heavy atom. The summed E-state index contributed by atoms with van der Waals surface area (Å²) in [5.41, 5.74) is 0.313. The highest BCUT2D eigenvalue weighted by molar-refractivity contribution is 4.91. The number of hydrogen-bond acceptors (Lipinski definition) is 2. The second-order valence-electron chi connectivity index (χ2n) is 4.04. The van der Waals surface area contributed by atoms with Gasteiger partial charge in [-0.1, -0.05) is 26.7 Å². The zero-order valence-electron chi connectivity index (χ0n) is 7.35. The molecule has 1 aliphatic rings. The molecule has 1 atom stereocenters. The molecular weight excluding hydrogens is 136 g/mol. The molecule has 0 saturated heterocycles. The van der Waals surface area contributed by atoms with Gasteiger partial charge in [-0.05, 0) is 18.3 Å². The molecule has 62 valence electrons. The maximum atomic E-state index is 8.49. The molecular formula is C9H16N2. The summed E-state index contributed by atoms with van der Waals surface area (Å²) in [5.74, 6) is 0. The van der Waals surface area contributed by atoms with Crippen LogP contribution < -0.4 is 5.32 Å². The molecule has 0 bridgehead atoms. The molecule has 1 N–H and O–H groups in total. The van der Waals surface area contributed by atoms with E-state index in [0.717, 1.165) is 6.42 Å². The topological polar surface area (TPSA) is 35.8 Å². The molecule has 0 radical (unpaired) electrons. The Bertz CT molecular complexity index is 167. The molecule has 0 aromatic carbocycles.